The number of rotatable bonds is 5. The van der Waals surface area contributed by atoms with Crippen molar-refractivity contribution in [1.29, 1.82) is 0 Å². The molecule has 2 rings (SSSR count). The number of nitrogens with one attached hydrogen (secondary N) is 1. The molecular weight excluding hydrogens is 288 g/mol. The van der Waals surface area contributed by atoms with Gasteiger partial charge in [-0.25, -0.2) is 5.43 Å². The zero-order chi connectivity index (χ0) is 15.4. The molecule has 1 atom stereocenters. The van der Waals surface area contributed by atoms with E-state index in [1.165, 1.54) is 0 Å². The molecule has 0 aromatic heterocycles. The van der Waals surface area contributed by atoms with Gasteiger partial charge in [0.25, 0.3) is 0 Å². The summed E-state index contributed by atoms with van der Waals surface area (Å²) in [7, 11) is 3.24. The number of methoxy groups -OCH3 is 2. The van der Waals surface area contributed by atoms with Gasteiger partial charge in [0, 0.05) is 11.1 Å². The third kappa shape index (κ3) is 3.47. The van der Waals surface area contributed by atoms with Crippen molar-refractivity contribution in [2.45, 2.75) is 13.0 Å². The van der Waals surface area contributed by atoms with Crippen LogP contribution in [0.15, 0.2) is 36.4 Å². The summed E-state index contributed by atoms with van der Waals surface area (Å²) in [5, 5.41) is 0.704. The zero-order valence-electron chi connectivity index (χ0n) is 12.3. The van der Waals surface area contributed by atoms with E-state index < -0.39 is 0 Å². The van der Waals surface area contributed by atoms with Gasteiger partial charge in [-0.15, -0.1) is 0 Å². The van der Waals surface area contributed by atoms with Crippen LogP contribution in [0.2, 0.25) is 5.02 Å². The largest absolute Gasteiger partial charge is 0.497 e. The number of benzene rings is 2. The molecule has 0 heterocycles. The third-order valence-electron chi connectivity index (χ3n) is 3.42. The lowest BCUT2D eigenvalue weighted by Crippen LogP contribution is -2.29. The van der Waals surface area contributed by atoms with E-state index in [0.29, 0.717) is 5.02 Å². The molecule has 5 heteroatoms. The minimum atomic E-state index is -0.175. The number of hydrogen-bond acceptors (Lipinski definition) is 4. The van der Waals surface area contributed by atoms with E-state index in [1.807, 2.05) is 43.3 Å². The van der Waals surface area contributed by atoms with E-state index in [0.717, 1.165) is 28.2 Å². The molecule has 0 aliphatic rings. The summed E-state index contributed by atoms with van der Waals surface area (Å²) in [6, 6.07) is 11.2. The number of hydrogen-bond donors (Lipinski definition) is 2. The summed E-state index contributed by atoms with van der Waals surface area (Å²) >= 11 is 6.01. The molecule has 0 radical (unpaired) electrons. The Hall–Kier alpha value is -1.75. The Morgan fingerprint density at radius 3 is 2.14 bits per heavy atom. The predicted molar refractivity (Wildman–Crippen MR) is 84.9 cm³/mol. The first-order chi connectivity index (χ1) is 10.1. The van der Waals surface area contributed by atoms with Crippen LogP contribution in [-0.2, 0) is 0 Å². The molecule has 0 spiro atoms. The van der Waals surface area contributed by atoms with Crippen molar-refractivity contribution in [3.05, 3.63) is 58.1 Å². The van der Waals surface area contributed by atoms with E-state index in [4.69, 9.17) is 26.9 Å². The minimum absolute atomic E-state index is 0.175. The summed E-state index contributed by atoms with van der Waals surface area (Å²) in [5.41, 5.74) is 5.92. The van der Waals surface area contributed by atoms with E-state index in [1.54, 1.807) is 14.2 Å². The summed E-state index contributed by atoms with van der Waals surface area (Å²) in [6.07, 6.45) is 0. The molecule has 4 nitrogen and oxygen atoms in total. The monoisotopic (exact) mass is 306 g/mol. The van der Waals surface area contributed by atoms with E-state index in [9.17, 15) is 0 Å². The first kappa shape index (κ1) is 15.6. The second-order valence-electron chi connectivity index (χ2n) is 4.75. The van der Waals surface area contributed by atoms with Crippen LogP contribution in [0.3, 0.4) is 0 Å². The van der Waals surface area contributed by atoms with Crippen molar-refractivity contribution in [3.63, 3.8) is 0 Å². The first-order valence-electron chi connectivity index (χ1n) is 6.54. The summed E-state index contributed by atoms with van der Waals surface area (Å²) < 4.78 is 10.6. The molecule has 0 fully saturated rings. The quantitative estimate of drug-likeness (QED) is 0.658. The van der Waals surface area contributed by atoms with Crippen molar-refractivity contribution >= 4 is 11.6 Å². The van der Waals surface area contributed by atoms with Gasteiger partial charge < -0.3 is 9.47 Å². The van der Waals surface area contributed by atoms with Gasteiger partial charge >= 0.3 is 0 Å². The fourth-order valence-corrected chi connectivity index (χ4v) is 2.55. The smallest absolute Gasteiger partial charge is 0.122 e. The molecule has 21 heavy (non-hydrogen) atoms. The van der Waals surface area contributed by atoms with Gasteiger partial charge in [-0.2, -0.15) is 0 Å². The average Bonchev–Trinajstić information content (AvgIpc) is 2.49. The fraction of sp³-hybridized carbons (Fsp3) is 0.250. The van der Waals surface area contributed by atoms with Gasteiger partial charge in [0.2, 0.25) is 0 Å². The lowest BCUT2D eigenvalue weighted by molar-refractivity contribution is 0.392. The molecule has 2 aromatic rings. The summed E-state index contributed by atoms with van der Waals surface area (Å²) in [4.78, 5) is 0. The Morgan fingerprint density at radius 1 is 1.05 bits per heavy atom. The Labute approximate surface area is 129 Å². The second kappa shape index (κ2) is 6.80. The van der Waals surface area contributed by atoms with Gasteiger partial charge in [0.05, 0.1) is 20.3 Å². The average molecular weight is 307 g/mol. The molecule has 1 unspecified atom stereocenters. The van der Waals surface area contributed by atoms with Gasteiger partial charge in [-0.3, -0.25) is 5.84 Å². The number of halogens is 1. The minimum Gasteiger partial charge on any atom is -0.497 e. The maximum atomic E-state index is 6.01. The van der Waals surface area contributed by atoms with Crippen LogP contribution in [0.4, 0.5) is 0 Å². The molecule has 0 bridgehead atoms. The Kier molecular flexibility index (Phi) is 5.07. The van der Waals surface area contributed by atoms with Crippen LogP contribution in [0.1, 0.15) is 22.7 Å². The number of nitrogens with two attached hydrogens (primary N) is 1. The molecule has 0 saturated heterocycles. The molecule has 0 saturated carbocycles. The number of hydrazine groups is 1. The normalized spacial score (nSPS) is 12.0. The van der Waals surface area contributed by atoms with Crippen LogP contribution in [0, 0.1) is 6.92 Å². The van der Waals surface area contributed by atoms with Crippen molar-refractivity contribution in [2.24, 2.45) is 5.84 Å². The molecule has 3 N–H and O–H groups in total. The Morgan fingerprint density at radius 2 is 1.67 bits per heavy atom. The molecule has 0 amide bonds. The fourth-order valence-electron chi connectivity index (χ4n) is 2.32. The second-order valence-corrected chi connectivity index (χ2v) is 5.18. The Balaban J connectivity index is 2.50. The lowest BCUT2D eigenvalue weighted by Gasteiger charge is -2.20. The lowest BCUT2D eigenvalue weighted by atomic mass is 9.95. The number of aryl methyl sites for hydroxylation is 1. The van der Waals surface area contributed by atoms with E-state index in [-0.39, 0.29) is 6.04 Å². The SMILES string of the molecule is COc1cc(OC)cc(C(NN)c2ccc(Cl)cc2C)c1. The Bertz CT molecular complexity index is 609. The topological polar surface area (TPSA) is 56.5 Å². The van der Waals surface area contributed by atoms with Gasteiger partial charge in [-0.05, 0) is 47.9 Å². The number of ether oxygens (including phenoxy) is 2. The molecule has 0 aliphatic heterocycles. The molecule has 112 valence electrons. The standard InChI is InChI=1S/C16H19ClN2O2/c1-10-6-12(17)4-5-15(10)16(19-18)11-7-13(20-2)9-14(8-11)21-3/h4-9,16,19H,18H2,1-3H3. The van der Waals surface area contributed by atoms with Crippen LogP contribution in [0.25, 0.3) is 0 Å². The first-order valence-corrected chi connectivity index (χ1v) is 6.92. The highest BCUT2D eigenvalue weighted by Gasteiger charge is 2.17. The van der Waals surface area contributed by atoms with Gasteiger partial charge in [0.15, 0.2) is 0 Å². The van der Waals surface area contributed by atoms with Crippen LogP contribution in [-0.4, -0.2) is 14.2 Å². The highest BCUT2D eigenvalue weighted by molar-refractivity contribution is 6.30. The van der Waals surface area contributed by atoms with Gasteiger partial charge in [-0.1, -0.05) is 17.7 Å². The van der Waals surface area contributed by atoms with Crippen molar-refractivity contribution < 1.29 is 9.47 Å². The van der Waals surface area contributed by atoms with Gasteiger partial charge in [0.1, 0.15) is 11.5 Å². The van der Waals surface area contributed by atoms with Crippen LogP contribution in [0.5, 0.6) is 11.5 Å². The van der Waals surface area contributed by atoms with Crippen LogP contribution < -0.4 is 20.7 Å². The zero-order valence-corrected chi connectivity index (χ0v) is 13.1. The van der Waals surface area contributed by atoms with Crippen LogP contribution >= 0.6 is 11.6 Å². The van der Waals surface area contributed by atoms with E-state index >= 15 is 0 Å². The molecule has 2 aromatic carbocycles. The van der Waals surface area contributed by atoms with Crippen molar-refractivity contribution in [1.82, 2.24) is 5.43 Å². The highest BCUT2D eigenvalue weighted by atomic mass is 35.5. The molecule has 0 aliphatic carbocycles. The summed E-state index contributed by atoms with van der Waals surface area (Å²) in [6.45, 7) is 2.00. The van der Waals surface area contributed by atoms with E-state index in [2.05, 4.69) is 5.43 Å². The predicted octanol–water partition coefficient (Wildman–Crippen LogP) is 3.22. The maximum absolute atomic E-state index is 6.01. The highest BCUT2D eigenvalue weighted by Crippen LogP contribution is 2.31. The van der Waals surface area contributed by atoms with Crippen molar-refractivity contribution in [3.8, 4) is 11.5 Å². The third-order valence-corrected chi connectivity index (χ3v) is 3.65. The molecular formula is C16H19ClN2O2. The maximum Gasteiger partial charge on any atom is 0.122 e. The van der Waals surface area contributed by atoms with Crippen molar-refractivity contribution in [2.75, 3.05) is 14.2 Å². The summed E-state index contributed by atoms with van der Waals surface area (Å²) in [5.74, 6) is 7.20.